The van der Waals surface area contributed by atoms with Gasteiger partial charge in [0.1, 0.15) is 5.75 Å². The molecule has 0 saturated heterocycles. The molecule has 2 amide bonds. The second-order valence-corrected chi connectivity index (χ2v) is 5.84. The van der Waals surface area contributed by atoms with Crippen molar-refractivity contribution in [3.8, 4) is 5.75 Å². The van der Waals surface area contributed by atoms with Crippen molar-refractivity contribution in [2.24, 2.45) is 5.92 Å². The number of hydrogen-bond acceptors (Lipinski definition) is 3. The molecule has 1 saturated carbocycles. The summed E-state index contributed by atoms with van der Waals surface area (Å²) < 4.78 is 5.22. The average Bonchev–Trinajstić information content (AvgIpc) is 2.54. The number of carbonyl (C=O) groups is 2. The summed E-state index contributed by atoms with van der Waals surface area (Å²) in [6, 6.07) is 7.53. The zero-order chi connectivity index (χ0) is 15.9. The molecule has 5 heteroatoms. The summed E-state index contributed by atoms with van der Waals surface area (Å²) in [6.07, 6.45) is 4.37. The lowest BCUT2D eigenvalue weighted by Gasteiger charge is -2.29. The first-order chi connectivity index (χ1) is 10.6. The topological polar surface area (TPSA) is 67.4 Å². The highest BCUT2D eigenvalue weighted by atomic mass is 16.5. The molecule has 0 unspecified atom stereocenters. The van der Waals surface area contributed by atoms with Gasteiger partial charge in [-0.15, -0.1) is 0 Å². The molecular weight excluding hydrogens is 280 g/mol. The molecular formula is C17H24N2O3. The Balaban J connectivity index is 1.85. The predicted octanol–water partition coefficient (Wildman–Crippen LogP) is 2.01. The monoisotopic (exact) mass is 304 g/mol. The Morgan fingerprint density at radius 3 is 2.64 bits per heavy atom. The number of benzene rings is 1. The molecule has 1 aliphatic rings. The highest BCUT2D eigenvalue weighted by Crippen LogP contribution is 2.23. The molecule has 1 aromatic carbocycles. The molecule has 0 aromatic heterocycles. The number of rotatable bonds is 4. The summed E-state index contributed by atoms with van der Waals surface area (Å²) in [5.41, 5.74) is 0.845. The lowest BCUT2D eigenvalue weighted by Crippen LogP contribution is -2.47. The Bertz CT molecular complexity index is 530. The maximum atomic E-state index is 12.0. The van der Waals surface area contributed by atoms with Crippen LogP contribution in [0.2, 0.25) is 0 Å². The van der Waals surface area contributed by atoms with Crippen LogP contribution in [0.3, 0.4) is 0 Å². The zero-order valence-electron chi connectivity index (χ0n) is 13.2. The van der Waals surface area contributed by atoms with Crippen molar-refractivity contribution in [3.63, 3.8) is 0 Å². The number of para-hydroxylation sites is 1. The van der Waals surface area contributed by atoms with Gasteiger partial charge in [-0.05, 0) is 24.8 Å². The van der Waals surface area contributed by atoms with E-state index in [9.17, 15) is 9.59 Å². The van der Waals surface area contributed by atoms with Crippen LogP contribution >= 0.6 is 0 Å². The number of methoxy groups -OCH3 is 1. The van der Waals surface area contributed by atoms with Gasteiger partial charge in [0.05, 0.1) is 7.11 Å². The van der Waals surface area contributed by atoms with Gasteiger partial charge in [0, 0.05) is 18.2 Å². The van der Waals surface area contributed by atoms with E-state index in [0.29, 0.717) is 11.7 Å². The molecule has 1 fully saturated rings. The van der Waals surface area contributed by atoms with E-state index >= 15 is 0 Å². The summed E-state index contributed by atoms with van der Waals surface area (Å²) in [7, 11) is 1.58. The van der Waals surface area contributed by atoms with Crippen molar-refractivity contribution in [3.05, 3.63) is 29.8 Å². The van der Waals surface area contributed by atoms with Crippen LogP contribution in [-0.2, 0) is 16.1 Å². The van der Waals surface area contributed by atoms with Crippen LogP contribution in [0.25, 0.3) is 0 Å². The Kier molecular flexibility index (Phi) is 5.81. The third-order valence-corrected chi connectivity index (χ3v) is 4.27. The maximum Gasteiger partial charge on any atom is 0.309 e. The van der Waals surface area contributed by atoms with E-state index in [4.69, 9.17) is 4.74 Å². The van der Waals surface area contributed by atoms with Crippen molar-refractivity contribution in [2.45, 2.75) is 45.2 Å². The quantitative estimate of drug-likeness (QED) is 0.836. The molecule has 120 valence electrons. The van der Waals surface area contributed by atoms with Gasteiger partial charge in [-0.25, -0.2) is 0 Å². The van der Waals surface area contributed by atoms with E-state index in [-0.39, 0.29) is 12.6 Å². The Labute approximate surface area is 131 Å². The van der Waals surface area contributed by atoms with E-state index in [2.05, 4.69) is 17.6 Å². The van der Waals surface area contributed by atoms with Crippen LogP contribution in [-0.4, -0.2) is 25.0 Å². The van der Waals surface area contributed by atoms with Gasteiger partial charge >= 0.3 is 11.8 Å². The van der Waals surface area contributed by atoms with Crippen LogP contribution in [0.15, 0.2) is 24.3 Å². The number of hydrogen-bond donors (Lipinski definition) is 2. The molecule has 0 spiro atoms. The van der Waals surface area contributed by atoms with E-state index in [1.54, 1.807) is 7.11 Å². The highest BCUT2D eigenvalue weighted by Gasteiger charge is 2.25. The summed E-state index contributed by atoms with van der Waals surface area (Å²) in [5.74, 6) is -0.0128. The van der Waals surface area contributed by atoms with Crippen molar-refractivity contribution >= 4 is 11.8 Å². The number of carbonyl (C=O) groups excluding carboxylic acids is 2. The zero-order valence-corrected chi connectivity index (χ0v) is 13.2. The van der Waals surface area contributed by atoms with Crippen molar-refractivity contribution in [1.82, 2.24) is 10.6 Å². The third-order valence-electron chi connectivity index (χ3n) is 4.27. The lowest BCUT2D eigenvalue weighted by molar-refractivity contribution is -0.140. The van der Waals surface area contributed by atoms with Gasteiger partial charge < -0.3 is 15.4 Å². The Morgan fingerprint density at radius 2 is 1.91 bits per heavy atom. The Hall–Kier alpha value is -2.04. The first kappa shape index (κ1) is 16.3. The average molecular weight is 304 g/mol. The summed E-state index contributed by atoms with van der Waals surface area (Å²) in [4.78, 5) is 23.9. The minimum absolute atomic E-state index is 0.110. The van der Waals surface area contributed by atoms with Gasteiger partial charge in [0.2, 0.25) is 0 Å². The largest absolute Gasteiger partial charge is 0.496 e. The molecule has 2 rings (SSSR count). The minimum atomic E-state index is -0.594. The first-order valence-electron chi connectivity index (χ1n) is 7.82. The highest BCUT2D eigenvalue weighted by molar-refractivity contribution is 6.35. The summed E-state index contributed by atoms with van der Waals surface area (Å²) in [5, 5.41) is 5.50. The van der Waals surface area contributed by atoms with Crippen LogP contribution in [0.1, 0.15) is 38.2 Å². The predicted molar refractivity (Wildman–Crippen MR) is 84.4 cm³/mol. The van der Waals surface area contributed by atoms with Gasteiger partial charge in [-0.2, -0.15) is 0 Å². The Morgan fingerprint density at radius 1 is 1.18 bits per heavy atom. The number of ether oxygens (including phenoxy) is 1. The van der Waals surface area contributed by atoms with Gasteiger partial charge in [0.15, 0.2) is 0 Å². The fourth-order valence-electron chi connectivity index (χ4n) is 2.87. The van der Waals surface area contributed by atoms with Crippen LogP contribution in [0, 0.1) is 5.92 Å². The van der Waals surface area contributed by atoms with Crippen molar-refractivity contribution in [2.75, 3.05) is 7.11 Å². The fourth-order valence-corrected chi connectivity index (χ4v) is 2.87. The normalized spacial score (nSPS) is 21.0. The second-order valence-electron chi connectivity index (χ2n) is 5.84. The first-order valence-corrected chi connectivity index (χ1v) is 7.82. The molecule has 2 N–H and O–H groups in total. The SMILES string of the molecule is COc1ccccc1CNC(=O)C(=O)N[C@@H]1CCCC[C@H]1C. The van der Waals surface area contributed by atoms with Gasteiger partial charge in [-0.1, -0.05) is 38.0 Å². The standard InChI is InChI=1S/C17H24N2O3/c1-12-7-3-5-9-14(12)19-17(21)16(20)18-11-13-8-4-6-10-15(13)22-2/h4,6,8,10,12,14H,3,5,7,9,11H2,1-2H3,(H,18,20)(H,19,21)/t12-,14-/m1/s1. The molecule has 0 bridgehead atoms. The smallest absolute Gasteiger partial charge is 0.309 e. The van der Waals surface area contributed by atoms with E-state index < -0.39 is 11.8 Å². The molecule has 1 aliphatic carbocycles. The van der Waals surface area contributed by atoms with Crippen molar-refractivity contribution < 1.29 is 14.3 Å². The van der Waals surface area contributed by atoms with Crippen LogP contribution in [0.4, 0.5) is 0 Å². The molecule has 22 heavy (non-hydrogen) atoms. The van der Waals surface area contributed by atoms with Crippen LogP contribution < -0.4 is 15.4 Å². The minimum Gasteiger partial charge on any atom is -0.496 e. The third kappa shape index (κ3) is 4.23. The van der Waals surface area contributed by atoms with Crippen LogP contribution in [0.5, 0.6) is 5.75 Å². The van der Waals surface area contributed by atoms with Gasteiger partial charge in [0.25, 0.3) is 0 Å². The number of nitrogens with one attached hydrogen (secondary N) is 2. The summed E-state index contributed by atoms with van der Waals surface area (Å²) >= 11 is 0. The van der Waals surface area contributed by atoms with E-state index in [1.807, 2.05) is 24.3 Å². The summed E-state index contributed by atoms with van der Waals surface area (Å²) in [6.45, 7) is 2.40. The molecule has 2 atom stereocenters. The van der Waals surface area contributed by atoms with Gasteiger partial charge in [-0.3, -0.25) is 9.59 Å². The molecule has 1 aromatic rings. The van der Waals surface area contributed by atoms with E-state index in [0.717, 1.165) is 24.8 Å². The molecule has 0 heterocycles. The lowest BCUT2D eigenvalue weighted by atomic mass is 9.86. The molecule has 0 radical (unpaired) electrons. The molecule has 0 aliphatic heterocycles. The van der Waals surface area contributed by atoms with E-state index in [1.165, 1.54) is 6.42 Å². The maximum absolute atomic E-state index is 12.0. The second kappa shape index (κ2) is 7.82. The number of amides is 2. The van der Waals surface area contributed by atoms with Crippen molar-refractivity contribution in [1.29, 1.82) is 0 Å². The fraction of sp³-hybridized carbons (Fsp3) is 0.529. The molecule has 5 nitrogen and oxygen atoms in total.